The zero-order chi connectivity index (χ0) is 12.7. The Kier molecular flexibility index (Phi) is 3.20. The molecule has 0 bridgehead atoms. The van der Waals surface area contributed by atoms with Gasteiger partial charge in [-0.05, 0) is 59.8 Å². The second-order valence-corrected chi connectivity index (χ2v) is 5.99. The first-order valence-corrected chi connectivity index (χ1v) is 7.42. The topological polar surface area (TPSA) is 25.2 Å². The highest BCUT2D eigenvalue weighted by molar-refractivity contribution is 9.10. The number of aryl methyl sites for hydroxylation is 2. The summed E-state index contributed by atoms with van der Waals surface area (Å²) >= 11 is 3.60. The number of halogens is 1. The summed E-state index contributed by atoms with van der Waals surface area (Å²) in [4.78, 5) is 0. The standard InChI is InChI=1S/C15H18BrNO/c1-3-11-12-6-9(2)7-13(16)15(12)18-14(11)8-17-10-4-5-10/h6-7,10,17H,3-5,8H2,1-2H3. The molecule has 3 rings (SSSR count). The van der Waals surface area contributed by atoms with Gasteiger partial charge in [0.05, 0.1) is 11.0 Å². The van der Waals surface area contributed by atoms with Gasteiger partial charge in [0.2, 0.25) is 0 Å². The van der Waals surface area contributed by atoms with Crippen LogP contribution < -0.4 is 5.32 Å². The Morgan fingerprint density at radius 3 is 2.83 bits per heavy atom. The number of benzene rings is 1. The van der Waals surface area contributed by atoms with Crippen LogP contribution in [0.15, 0.2) is 21.0 Å². The normalized spacial score (nSPS) is 15.5. The van der Waals surface area contributed by atoms with Gasteiger partial charge in [-0.3, -0.25) is 0 Å². The molecule has 0 saturated heterocycles. The molecule has 18 heavy (non-hydrogen) atoms. The summed E-state index contributed by atoms with van der Waals surface area (Å²) < 4.78 is 7.10. The maximum atomic E-state index is 6.04. The number of hydrogen-bond acceptors (Lipinski definition) is 2. The third kappa shape index (κ3) is 2.21. The van der Waals surface area contributed by atoms with Gasteiger partial charge in [-0.15, -0.1) is 0 Å². The van der Waals surface area contributed by atoms with E-state index in [1.54, 1.807) is 0 Å². The van der Waals surface area contributed by atoms with Crippen LogP contribution in [-0.2, 0) is 13.0 Å². The number of hydrogen-bond donors (Lipinski definition) is 1. The Morgan fingerprint density at radius 1 is 1.39 bits per heavy atom. The zero-order valence-corrected chi connectivity index (χ0v) is 12.4. The lowest BCUT2D eigenvalue weighted by Gasteiger charge is -2.01. The minimum Gasteiger partial charge on any atom is -0.458 e. The minimum absolute atomic E-state index is 0.716. The van der Waals surface area contributed by atoms with Crippen LogP contribution in [-0.4, -0.2) is 6.04 Å². The highest BCUT2D eigenvalue weighted by Crippen LogP contribution is 2.33. The second-order valence-electron chi connectivity index (χ2n) is 5.14. The second kappa shape index (κ2) is 4.71. The molecule has 0 unspecified atom stereocenters. The first kappa shape index (κ1) is 12.2. The third-order valence-electron chi connectivity index (χ3n) is 3.56. The van der Waals surface area contributed by atoms with E-state index in [1.165, 1.54) is 29.4 Å². The molecule has 96 valence electrons. The summed E-state index contributed by atoms with van der Waals surface area (Å²) in [5.74, 6) is 1.10. The van der Waals surface area contributed by atoms with Gasteiger partial charge < -0.3 is 9.73 Å². The molecule has 1 aromatic carbocycles. The van der Waals surface area contributed by atoms with Crippen LogP contribution in [0.4, 0.5) is 0 Å². The van der Waals surface area contributed by atoms with Crippen molar-refractivity contribution in [2.45, 2.75) is 45.7 Å². The molecule has 0 aliphatic heterocycles. The average Bonchev–Trinajstić information content (AvgIpc) is 3.08. The summed E-state index contributed by atoms with van der Waals surface area (Å²) in [6.07, 6.45) is 3.64. The Bertz CT molecular complexity index is 584. The summed E-state index contributed by atoms with van der Waals surface area (Å²) in [5, 5.41) is 4.79. The van der Waals surface area contributed by atoms with Crippen LogP contribution in [0.25, 0.3) is 11.0 Å². The number of fused-ring (bicyclic) bond motifs is 1. The van der Waals surface area contributed by atoms with Crippen molar-refractivity contribution in [3.8, 4) is 0 Å². The minimum atomic E-state index is 0.716. The van der Waals surface area contributed by atoms with Crippen molar-refractivity contribution < 1.29 is 4.42 Å². The Morgan fingerprint density at radius 2 is 2.17 bits per heavy atom. The lowest BCUT2D eigenvalue weighted by Crippen LogP contribution is -2.15. The summed E-state index contributed by atoms with van der Waals surface area (Å²) in [6.45, 7) is 5.17. The van der Waals surface area contributed by atoms with E-state index in [0.29, 0.717) is 6.04 Å². The highest BCUT2D eigenvalue weighted by Gasteiger charge is 2.22. The van der Waals surface area contributed by atoms with Crippen molar-refractivity contribution in [2.24, 2.45) is 0 Å². The van der Waals surface area contributed by atoms with E-state index in [2.05, 4.69) is 47.2 Å². The molecular formula is C15H18BrNO. The molecule has 1 heterocycles. The first-order chi connectivity index (χ1) is 8.69. The average molecular weight is 308 g/mol. The van der Waals surface area contributed by atoms with E-state index in [4.69, 9.17) is 4.42 Å². The molecule has 1 N–H and O–H groups in total. The predicted octanol–water partition coefficient (Wildman–Crippen LogP) is 4.32. The predicted molar refractivity (Wildman–Crippen MR) is 77.9 cm³/mol. The molecule has 1 aliphatic carbocycles. The molecule has 3 heteroatoms. The van der Waals surface area contributed by atoms with E-state index in [0.717, 1.165) is 28.8 Å². The summed E-state index contributed by atoms with van der Waals surface area (Å²) in [7, 11) is 0. The molecule has 0 atom stereocenters. The van der Waals surface area contributed by atoms with Gasteiger partial charge in [0.25, 0.3) is 0 Å². The Labute approximate surface area is 116 Å². The van der Waals surface area contributed by atoms with Crippen LogP contribution in [0, 0.1) is 6.92 Å². The third-order valence-corrected chi connectivity index (χ3v) is 4.15. The van der Waals surface area contributed by atoms with E-state index in [1.807, 2.05) is 0 Å². The van der Waals surface area contributed by atoms with Gasteiger partial charge in [0.1, 0.15) is 11.3 Å². The van der Waals surface area contributed by atoms with Crippen LogP contribution in [0.3, 0.4) is 0 Å². The fourth-order valence-corrected chi connectivity index (χ4v) is 3.10. The van der Waals surface area contributed by atoms with Gasteiger partial charge in [0, 0.05) is 17.0 Å². The van der Waals surface area contributed by atoms with Crippen LogP contribution in [0.2, 0.25) is 0 Å². The lowest BCUT2D eigenvalue weighted by atomic mass is 10.1. The molecule has 1 fully saturated rings. The molecule has 0 radical (unpaired) electrons. The molecule has 1 saturated carbocycles. The van der Waals surface area contributed by atoms with Crippen molar-refractivity contribution in [1.29, 1.82) is 0 Å². The van der Waals surface area contributed by atoms with E-state index < -0.39 is 0 Å². The number of rotatable bonds is 4. The lowest BCUT2D eigenvalue weighted by molar-refractivity contribution is 0.506. The maximum absolute atomic E-state index is 6.04. The SMILES string of the molecule is CCc1c(CNC2CC2)oc2c(Br)cc(C)cc12. The quantitative estimate of drug-likeness (QED) is 0.910. The van der Waals surface area contributed by atoms with E-state index in [9.17, 15) is 0 Å². The van der Waals surface area contributed by atoms with Crippen LogP contribution >= 0.6 is 15.9 Å². The van der Waals surface area contributed by atoms with Crippen molar-refractivity contribution in [2.75, 3.05) is 0 Å². The van der Waals surface area contributed by atoms with Gasteiger partial charge in [-0.2, -0.15) is 0 Å². The van der Waals surface area contributed by atoms with Crippen LogP contribution in [0.1, 0.15) is 36.7 Å². The zero-order valence-electron chi connectivity index (χ0n) is 10.8. The number of furan rings is 1. The van der Waals surface area contributed by atoms with Crippen molar-refractivity contribution in [3.63, 3.8) is 0 Å². The molecule has 2 nitrogen and oxygen atoms in total. The van der Waals surface area contributed by atoms with Crippen molar-refractivity contribution in [1.82, 2.24) is 5.32 Å². The molecule has 0 amide bonds. The van der Waals surface area contributed by atoms with Gasteiger partial charge in [0.15, 0.2) is 0 Å². The summed E-state index contributed by atoms with van der Waals surface area (Å²) in [6, 6.07) is 5.06. The molecule has 1 aliphatic rings. The van der Waals surface area contributed by atoms with E-state index in [-0.39, 0.29) is 0 Å². The monoisotopic (exact) mass is 307 g/mol. The van der Waals surface area contributed by atoms with Crippen molar-refractivity contribution >= 4 is 26.9 Å². The molecule has 2 aromatic rings. The highest BCUT2D eigenvalue weighted by atomic mass is 79.9. The fraction of sp³-hybridized carbons (Fsp3) is 0.467. The maximum Gasteiger partial charge on any atom is 0.148 e. The largest absolute Gasteiger partial charge is 0.458 e. The molecule has 1 aromatic heterocycles. The smallest absolute Gasteiger partial charge is 0.148 e. The number of nitrogens with one attached hydrogen (secondary N) is 1. The van der Waals surface area contributed by atoms with Gasteiger partial charge in [-0.1, -0.05) is 6.92 Å². The molecular weight excluding hydrogens is 290 g/mol. The summed E-state index contributed by atoms with van der Waals surface area (Å²) in [5.41, 5.74) is 3.61. The Hall–Kier alpha value is -0.800. The Balaban J connectivity index is 2.04. The molecule has 0 spiro atoms. The van der Waals surface area contributed by atoms with Crippen LogP contribution in [0.5, 0.6) is 0 Å². The van der Waals surface area contributed by atoms with E-state index >= 15 is 0 Å². The first-order valence-electron chi connectivity index (χ1n) is 6.62. The van der Waals surface area contributed by atoms with Gasteiger partial charge >= 0.3 is 0 Å². The van der Waals surface area contributed by atoms with Gasteiger partial charge in [-0.25, -0.2) is 0 Å². The fourth-order valence-electron chi connectivity index (χ4n) is 2.45. The van der Waals surface area contributed by atoms with Crippen molar-refractivity contribution in [3.05, 3.63) is 33.5 Å².